The molecule has 0 unspecified atom stereocenters. The van der Waals surface area contributed by atoms with E-state index < -0.39 is 0 Å². The van der Waals surface area contributed by atoms with E-state index in [9.17, 15) is 0 Å². The molecule has 0 amide bonds. The molecule has 2 rings (SSSR count). The van der Waals surface area contributed by atoms with E-state index in [0.29, 0.717) is 5.69 Å². The zero-order valence-electron chi connectivity index (χ0n) is 7.28. The molecule has 13 heavy (non-hydrogen) atoms. The minimum atomic E-state index is 0.683. The second kappa shape index (κ2) is 2.87. The first-order chi connectivity index (χ1) is 6.31. The molecule has 0 bridgehead atoms. The van der Waals surface area contributed by atoms with Gasteiger partial charge in [0.05, 0.1) is 12.1 Å². The fourth-order valence-electron chi connectivity index (χ4n) is 1.38. The second-order valence-corrected chi connectivity index (χ2v) is 2.91. The summed E-state index contributed by atoms with van der Waals surface area (Å²) < 4.78 is 0. The Hall–Kier alpha value is -1.88. The van der Waals surface area contributed by atoms with Crippen LogP contribution in [0, 0.1) is 13.5 Å². The summed E-state index contributed by atoms with van der Waals surface area (Å²) in [5.74, 6) is 0. The van der Waals surface area contributed by atoms with Crippen LogP contribution in [0.15, 0.2) is 30.3 Å². The van der Waals surface area contributed by atoms with Crippen LogP contribution in [0.2, 0.25) is 0 Å². The first kappa shape index (κ1) is 7.75. The lowest BCUT2D eigenvalue weighted by Crippen LogP contribution is -1.82. The highest BCUT2D eigenvalue weighted by molar-refractivity contribution is 5.91. The topological polar surface area (TPSA) is 17.2 Å². The molecule has 0 saturated carbocycles. The Kier molecular flexibility index (Phi) is 1.71. The number of aryl methyl sites for hydroxylation is 1. The maximum absolute atomic E-state index is 7.02. The van der Waals surface area contributed by atoms with Crippen LogP contribution in [0.5, 0.6) is 0 Å². The lowest BCUT2D eigenvalue weighted by molar-refractivity contribution is 1.26. The maximum Gasteiger partial charge on any atom is 0.198 e. The van der Waals surface area contributed by atoms with Gasteiger partial charge in [0, 0.05) is 11.1 Å². The van der Waals surface area contributed by atoms with Crippen LogP contribution in [-0.2, 0) is 0 Å². The van der Waals surface area contributed by atoms with Gasteiger partial charge < -0.3 is 0 Å². The summed E-state index contributed by atoms with van der Waals surface area (Å²) in [5.41, 5.74) is 2.47. The maximum atomic E-state index is 7.02. The summed E-state index contributed by atoms with van der Waals surface area (Å²) in [6.07, 6.45) is 0. The first-order valence-corrected chi connectivity index (χ1v) is 4.05. The van der Waals surface area contributed by atoms with Crippen LogP contribution in [0.3, 0.4) is 0 Å². The summed E-state index contributed by atoms with van der Waals surface area (Å²) in [6, 6.07) is 9.53. The molecule has 1 aromatic heterocycles. The van der Waals surface area contributed by atoms with E-state index in [0.717, 1.165) is 16.6 Å². The molecule has 0 aliphatic carbocycles. The van der Waals surface area contributed by atoms with Crippen LogP contribution in [0.25, 0.3) is 15.7 Å². The van der Waals surface area contributed by atoms with E-state index in [4.69, 9.17) is 6.57 Å². The van der Waals surface area contributed by atoms with Gasteiger partial charge in [0.2, 0.25) is 0 Å². The third-order valence-corrected chi connectivity index (χ3v) is 1.94. The number of hydrogen-bond donors (Lipinski definition) is 0. The Bertz CT molecular complexity index is 495. The normalized spacial score (nSPS) is 9.85. The van der Waals surface area contributed by atoms with Crippen LogP contribution < -0.4 is 0 Å². The van der Waals surface area contributed by atoms with Crippen LogP contribution in [0.1, 0.15) is 5.69 Å². The molecule has 0 fully saturated rings. The SMILES string of the molecule is [C-]#[N+]c1cc(C)nc2ccccc12. The Morgan fingerprint density at radius 2 is 2.08 bits per heavy atom. The molecule has 1 heterocycles. The zero-order valence-corrected chi connectivity index (χ0v) is 7.28. The number of nitrogens with zero attached hydrogens (tertiary/aromatic N) is 2. The minimum absolute atomic E-state index is 0.683. The highest BCUT2D eigenvalue weighted by Crippen LogP contribution is 2.24. The van der Waals surface area contributed by atoms with Crippen molar-refractivity contribution < 1.29 is 0 Å². The van der Waals surface area contributed by atoms with Gasteiger partial charge in [-0.15, -0.1) is 0 Å². The van der Waals surface area contributed by atoms with Gasteiger partial charge in [-0.3, -0.25) is 4.98 Å². The van der Waals surface area contributed by atoms with Crippen molar-refractivity contribution in [2.75, 3.05) is 0 Å². The molecule has 0 saturated heterocycles. The average molecular weight is 168 g/mol. The largest absolute Gasteiger partial charge is 0.256 e. The third kappa shape index (κ3) is 1.25. The van der Waals surface area contributed by atoms with E-state index in [2.05, 4.69) is 9.83 Å². The molecule has 0 aliphatic heterocycles. The minimum Gasteiger partial charge on any atom is -0.256 e. The monoisotopic (exact) mass is 168 g/mol. The summed E-state index contributed by atoms with van der Waals surface area (Å²) in [4.78, 5) is 7.81. The van der Waals surface area contributed by atoms with Gasteiger partial charge >= 0.3 is 0 Å². The highest BCUT2D eigenvalue weighted by Gasteiger charge is 2.01. The van der Waals surface area contributed by atoms with Crippen molar-refractivity contribution in [2.45, 2.75) is 6.92 Å². The Labute approximate surface area is 76.7 Å². The van der Waals surface area contributed by atoms with Crippen molar-refractivity contribution in [3.05, 3.63) is 47.4 Å². The van der Waals surface area contributed by atoms with Gasteiger partial charge in [-0.2, -0.15) is 0 Å². The smallest absolute Gasteiger partial charge is 0.198 e. The van der Waals surface area contributed by atoms with Crippen LogP contribution in [-0.4, -0.2) is 4.98 Å². The number of hydrogen-bond acceptors (Lipinski definition) is 1. The molecule has 0 radical (unpaired) electrons. The van der Waals surface area contributed by atoms with Crippen molar-refractivity contribution in [1.82, 2.24) is 4.98 Å². The highest BCUT2D eigenvalue weighted by atomic mass is 14.7. The second-order valence-electron chi connectivity index (χ2n) is 2.91. The standard InChI is InChI=1S/C11H8N2/c1-8-7-11(12-2)9-5-3-4-6-10(9)13-8/h3-7H,1H3. The lowest BCUT2D eigenvalue weighted by Gasteiger charge is -2.00. The van der Waals surface area contributed by atoms with Crippen molar-refractivity contribution >= 4 is 16.6 Å². The predicted octanol–water partition coefficient (Wildman–Crippen LogP) is 3.09. The van der Waals surface area contributed by atoms with E-state index >= 15 is 0 Å². The number of benzene rings is 1. The number of para-hydroxylation sites is 1. The number of rotatable bonds is 0. The van der Waals surface area contributed by atoms with Crippen molar-refractivity contribution in [3.63, 3.8) is 0 Å². The van der Waals surface area contributed by atoms with E-state index in [1.807, 2.05) is 37.3 Å². The van der Waals surface area contributed by atoms with Crippen LogP contribution >= 0.6 is 0 Å². The zero-order chi connectivity index (χ0) is 9.26. The lowest BCUT2D eigenvalue weighted by atomic mass is 10.2. The fraction of sp³-hybridized carbons (Fsp3) is 0.0909. The Morgan fingerprint density at radius 3 is 2.85 bits per heavy atom. The van der Waals surface area contributed by atoms with Crippen molar-refractivity contribution in [1.29, 1.82) is 0 Å². The van der Waals surface area contributed by atoms with Gasteiger partial charge in [-0.1, -0.05) is 18.2 Å². The molecular weight excluding hydrogens is 160 g/mol. The summed E-state index contributed by atoms with van der Waals surface area (Å²) in [5, 5.41) is 0.933. The van der Waals surface area contributed by atoms with E-state index in [1.54, 1.807) is 0 Å². The molecule has 1 aromatic carbocycles. The Morgan fingerprint density at radius 1 is 1.31 bits per heavy atom. The van der Waals surface area contributed by atoms with Crippen LogP contribution in [0.4, 0.5) is 5.69 Å². The number of pyridine rings is 1. The first-order valence-electron chi connectivity index (χ1n) is 4.05. The third-order valence-electron chi connectivity index (χ3n) is 1.94. The molecule has 2 nitrogen and oxygen atoms in total. The summed E-state index contributed by atoms with van der Waals surface area (Å²) >= 11 is 0. The fourth-order valence-corrected chi connectivity index (χ4v) is 1.38. The molecule has 0 aliphatic rings. The molecule has 0 spiro atoms. The Balaban J connectivity index is 2.91. The molecular formula is C11H8N2. The molecule has 62 valence electrons. The van der Waals surface area contributed by atoms with Crippen molar-refractivity contribution in [3.8, 4) is 0 Å². The van der Waals surface area contributed by atoms with Crippen molar-refractivity contribution in [2.24, 2.45) is 0 Å². The molecule has 2 aromatic rings. The average Bonchev–Trinajstić information content (AvgIpc) is 2.16. The summed E-state index contributed by atoms with van der Waals surface area (Å²) in [6.45, 7) is 8.92. The molecule has 0 atom stereocenters. The number of fused-ring (bicyclic) bond motifs is 1. The van der Waals surface area contributed by atoms with Gasteiger partial charge in [0.1, 0.15) is 0 Å². The van der Waals surface area contributed by atoms with E-state index in [-0.39, 0.29) is 0 Å². The van der Waals surface area contributed by atoms with E-state index in [1.165, 1.54) is 0 Å². The van der Waals surface area contributed by atoms with Gasteiger partial charge in [-0.25, -0.2) is 4.85 Å². The van der Waals surface area contributed by atoms with Gasteiger partial charge in [0.25, 0.3) is 0 Å². The summed E-state index contributed by atoms with van der Waals surface area (Å²) in [7, 11) is 0. The van der Waals surface area contributed by atoms with Gasteiger partial charge in [-0.05, 0) is 19.1 Å². The molecule has 2 heteroatoms. The molecule has 0 N–H and O–H groups in total. The predicted molar refractivity (Wildman–Crippen MR) is 52.7 cm³/mol. The number of aromatic nitrogens is 1. The van der Waals surface area contributed by atoms with Gasteiger partial charge in [0.15, 0.2) is 5.69 Å². The quantitative estimate of drug-likeness (QED) is 0.552.